The van der Waals surface area contributed by atoms with Crippen LogP contribution in [0.5, 0.6) is 0 Å². The van der Waals surface area contributed by atoms with Gasteiger partial charge in [0, 0.05) is 0 Å². The van der Waals surface area contributed by atoms with Gasteiger partial charge in [-0.3, -0.25) is 10.2 Å². The third kappa shape index (κ3) is 1.40. The quantitative estimate of drug-likeness (QED) is 0.257. The molecular formula is C2H3FN2O. The van der Waals surface area contributed by atoms with Crippen LogP contribution in [0.25, 0.3) is 0 Å². The second kappa shape index (κ2) is 1.49. The van der Waals surface area contributed by atoms with E-state index in [1.807, 2.05) is 0 Å². The summed E-state index contributed by atoms with van der Waals surface area (Å²) in [7, 11) is 0. The van der Waals surface area contributed by atoms with Gasteiger partial charge < -0.3 is 5.73 Å². The fraction of sp³-hybridized carbons (Fsp3) is 0. The highest BCUT2D eigenvalue weighted by Gasteiger charge is 1.96. The Kier molecular flexibility index (Phi) is 1.26. The van der Waals surface area contributed by atoms with Gasteiger partial charge >= 0.3 is 6.04 Å². The van der Waals surface area contributed by atoms with Crippen LogP contribution in [-0.4, -0.2) is 11.9 Å². The van der Waals surface area contributed by atoms with E-state index < -0.39 is 11.9 Å². The van der Waals surface area contributed by atoms with Crippen molar-refractivity contribution in [1.29, 1.82) is 5.41 Å². The fourth-order valence-electron chi connectivity index (χ4n) is 0. The lowest BCUT2D eigenvalue weighted by molar-refractivity contribution is -0.122. The van der Waals surface area contributed by atoms with Gasteiger partial charge in [0.15, 0.2) is 5.84 Å². The maximum absolute atomic E-state index is 10.8. The third-order valence-electron chi connectivity index (χ3n) is 0.212. The molecule has 0 aromatic carbocycles. The van der Waals surface area contributed by atoms with E-state index in [2.05, 4.69) is 5.73 Å². The molecule has 4 heteroatoms. The molecule has 0 aliphatic heterocycles. The second-order valence-electron chi connectivity index (χ2n) is 0.687. The van der Waals surface area contributed by atoms with Crippen LogP contribution in [0.15, 0.2) is 0 Å². The predicted molar refractivity (Wildman–Crippen MR) is 18.0 cm³/mol. The topological polar surface area (TPSA) is 66.9 Å². The van der Waals surface area contributed by atoms with Gasteiger partial charge in [0.25, 0.3) is 0 Å². The molecule has 0 aliphatic carbocycles. The van der Waals surface area contributed by atoms with Crippen LogP contribution in [0.1, 0.15) is 0 Å². The zero-order valence-electron chi connectivity index (χ0n) is 2.86. The number of nitrogens with two attached hydrogens (primary N) is 1. The molecule has 3 N–H and O–H groups in total. The van der Waals surface area contributed by atoms with Gasteiger partial charge in [0.05, 0.1) is 0 Å². The summed E-state index contributed by atoms with van der Waals surface area (Å²) in [5, 5.41) is 6.00. The van der Waals surface area contributed by atoms with E-state index in [0.29, 0.717) is 0 Å². The first-order valence-corrected chi connectivity index (χ1v) is 1.18. The Bertz CT molecular complexity index is 77.5. The van der Waals surface area contributed by atoms with E-state index >= 15 is 0 Å². The van der Waals surface area contributed by atoms with Crippen molar-refractivity contribution in [3.05, 3.63) is 0 Å². The zero-order chi connectivity index (χ0) is 5.15. The second-order valence-corrected chi connectivity index (χ2v) is 0.687. The minimum atomic E-state index is -1.88. The van der Waals surface area contributed by atoms with Crippen molar-refractivity contribution in [2.45, 2.75) is 0 Å². The van der Waals surface area contributed by atoms with Gasteiger partial charge in [0.2, 0.25) is 0 Å². The number of hydrogen-bond acceptors (Lipinski definition) is 2. The van der Waals surface area contributed by atoms with Gasteiger partial charge in [-0.05, 0) is 0 Å². The number of carbonyl (C=O) groups excluding carboxylic acids is 1. The minimum absolute atomic E-state index is 1.05. The zero-order valence-corrected chi connectivity index (χ0v) is 2.86. The molecule has 0 rings (SSSR count). The lowest BCUT2D eigenvalue weighted by Gasteiger charge is -1.75. The summed E-state index contributed by atoms with van der Waals surface area (Å²) < 4.78 is 10.8. The molecule has 6 heavy (non-hydrogen) atoms. The smallest absolute Gasteiger partial charge is 0.365 e. The van der Waals surface area contributed by atoms with Crippen LogP contribution in [0.4, 0.5) is 4.39 Å². The third-order valence-corrected chi connectivity index (χ3v) is 0.212. The summed E-state index contributed by atoms with van der Waals surface area (Å²) in [5.41, 5.74) is 4.29. The molecule has 0 aromatic heterocycles. The van der Waals surface area contributed by atoms with Crippen LogP contribution < -0.4 is 5.73 Å². The summed E-state index contributed by atoms with van der Waals surface area (Å²) in [6, 6.07) is -1.88. The van der Waals surface area contributed by atoms with Gasteiger partial charge in [-0.25, -0.2) is 0 Å². The normalized spacial score (nSPS) is 7.50. The van der Waals surface area contributed by atoms with E-state index in [1.165, 1.54) is 0 Å². The van der Waals surface area contributed by atoms with Crippen LogP contribution in [0, 0.1) is 5.41 Å². The molecule has 0 aromatic rings. The Labute approximate surface area is 33.5 Å². The molecule has 0 radical (unpaired) electrons. The Hall–Kier alpha value is -0.930. The summed E-state index contributed by atoms with van der Waals surface area (Å²) in [6.07, 6.45) is 0. The fourth-order valence-corrected chi connectivity index (χ4v) is 0. The lowest BCUT2D eigenvalue weighted by atomic mass is 10.7. The molecule has 3 nitrogen and oxygen atoms in total. The standard InChI is InChI=1S/C2H3FN2O/c3-1(6)2(4)5/h(H3,4,5). The number of carbonyl (C=O) groups is 1. The van der Waals surface area contributed by atoms with E-state index in [4.69, 9.17) is 10.2 Å². The molecule has 0 saturated heterocycles. The molecule has 0 amide bonds. The van der Waals surface area contributed by atoms with Gasteiger partial charge in [0.1, 0.15) is 0 Å². The van der Waals surface area contributed by atoms with Crippen molar-refractivity contribution in [1.82, 2.24) is 0 Å². The van der Waals surface area contributed by atoms with E-state index in [9.17, 15) is 4.39 Å². The van der Waals surface area contributed by atoms with Crippen molar-refractivity contribution < 1.29 is 9.18 Å². The molecule has 0 heterocycles. The predicted octanol–water partition coefficient (Wildman–Crippen LogP) is -0.582. The van der Waals surface area contributed by atoms with Crippen molar-refractivity contribution >= 4 is 11.9 Å². The van der Waals surface area contributed by atoms with E-state index in [0.717, 1.165) is 0 Å². The van der Waals surface area contributed by atoms with Crippen LogP contribution in [0.2, 0.25) is 0 Å². The average Bonchev–Trinajstić information content (AvgIpc) is 1.36. The SMILES string of the molecule is N=C(N)C(=O)F. The van der Waals surface area contributed by atoms with Gasteiger partial charge in [-0.1, -0.05) is 0 Å². The summed E-state index contributed by atoms with van der Waals surface area (Å²) in [5.74, 6) is -1.05. The molecule has 0 aliphatic rings. The monoisotopic (exact) mass is 90.0 g/mol. The number of amidine groups is 1. The molecule has 0 atom stereocenters. The van der Waals surface area contributed by atoms with Crippen LogP contribution in [0.3, 0.4) is 0 Å². The van der Waals surface area contributed by atoms with Crippen LogP contribution >= 0.6 is 0 Å². The molecule has 0 saturated carbocycles. The number of hydrogen-bond donors (Lipinski definition) is 2. The maximum Gasteiger partial charge on any atom is 0.365 e. The first-order chi connectivity index (χ1) is 2.64. The van der Waals surface area contributed by atoms with Crippen molar-refractivity contribution in [3.8, 4) is 0 Å². The molecule has 0 fully saturated rings. The van der Waals surface area contributed by atoms with Crippen molar-refractivity contribution in [2.24, 2.45) is 5.73 Å². The minimum Gasteiger partial charge on any atom is -0.379 e. The van der Waals surface area contributed by atoms with Crippen LogP contribution in [-0.2, 0) is 4.79 Å². The lowest BCUT2D eigenvalue weighted by Crippen LogP contribution is -2.17. The van der Waals surface area contributed by atoms with Gasteiger partial charge in [-0.2, -0.15) is 4.39 Å². The maximum atomic E-state index is 10.8. The molecule has 0 spiro atoms. The Morgan fingerprint density at radius 2 is 2.00 bits per heavy atom. The number of nitrogens with one attached hydrogen (secondary N) is 1. The number of halogens is 1. The Morgan fingerprint density at radius 3 is 2.00 bits per heavy atom. The summed E-state index contributed by atoms with van der Waals surface area (Å²) in [6.45, 7) is 0. The van der Waals surface area contributed by atoms with E-state index in [-0.39, 0.29) is 0 Å². The highest BCUT2D eigenvalue weighted by atomic mass is 19.1. The molecule has 0 bridgehead atoms. The molecular weight excluding hydrogens is 87.0 g/mol. The van der Waals surface area contributed by atoms with Crippen molar-refractivity contribution in [2.75, 3.05) is 0 Å². The first kappa shape index (κ1) is 5.07. The largest absolute Gasteiger partial charge is 0.379 e. The van der Waals surface area contributed by atoms with Crippen molar-refractivity contribution in [3.63, 3.8) is 0 Å². The van der Waals surface area contributed by atoms with Gasteiger partial charge in [-0.15, -0.1) is 0 Å². The summed E-state index contributed by atoms with van der Waals surface area (Å²) >= 11 is 0. The molecule has 0 unspecified atom stereocenters. The molecule has 34 valence electrons. The number of rotatable bonds is 1. The summed E-state index contributed by atoms with van der Waals surface area (Å²) in [4.78, 5) is 9.13. The highest BCUT2D eigenvalue weighted by molar-refractivity contribution is 6.32. The van der Waals surface area contributed by atoms with E-state index in [1.54, 1.807) is 0 Å². The Morgan fingerprint density at radius 1 is 1.83 bits per heavy atom. The average molecular weight is 90.1 g/mol. The Balaban J connectivity index is 3.57. The first-order valence-electron chi connectivity index (χ1n) is 1.18. The highest BCUT2D eigenvalue weighted by Crippen LogP contribution is 1.64.